The van der Waals surface area contributed by atoms with E-state index in [0.29, 0.717) is 12.1 Å². The molecule has 0 fully saturated rings. The Bertz CT molecular complexity index is 453. The summed E-state index contributed by atoms with van der Waals surface area (Å²) in [4.78, 5) is 9.56. The van der Waals surface area contributed by atoms with E-state index in [1.165, 1.54) is 9.75 Å². The van der Waals surface area contributed by atoms with Crippen molar-refractivity contribution in [3.05, 3.63) is 21.9 Å². The second-order valence-corrected chi connectivity index (χ2v) is 7.36. The SMILES string of the molecule is CCN(CCNC(=NC)NC(C)Cc1ccc(C)s1)C(C)C. The predicted octanol–water partition coefficient (Wildman–Crippen LogP) is 2.88. The van der Waals surface area contributed by atoms with E-state index in [4.69, 9.17) is 0 Å². The maximum absolute atomic E-state index is 4.32. The van der Waals surface area contributed by atoms with Crippen LogP contribution in [0.1, 0.15) is 37.4 Å². The van der Waals surface area contributed by atoms with Gasteiger partial charge < -0.3 is 10.6 Å². The van der Waals surface area contributed by atoms with Crippen LogP contribution in [-0.2, 0) is 6.42 Å². The lowest BCUT2D eigenvalue weighted by Gasteiger charge is -2.25. The molecule has 0 spiro atoms. The number of nitrogens with one attached hydrogen (secondary N) is 2. The van der Waals surface area contributed by atoms with Crippen LogP contribution in [0.5, 0.6) is 0 Å². The topological polar surface area (TPSA) is 39.7 Å². The molecule has 1 rings (SSSR count). The zero-order chi connectivity index (χ0) is 16.5. The summed E-state index contributed by atoms with van der Waals surface area (Å²) < 4.78 is 0. The van der Waals surface area contributed by atoms with Gasteiger partial charge in [-0.3, -0.25) is 9.89 Å². The van der Waals surface area contributed by atoms with E-state index in [1.807, 2.05) is 18.4 Å². The lowest BCUT2D eigenvalue weighted by molar-refractivity contribution is 0.237. The first-order valence-electron chi connectivity index (χ1n) is 8.22. The quantitative estimate of drug-likeness (QED) is 0.570. The molecule has 0 saturated carbocycles. The first-order valence-corrected chi connectivity index (χ1v) is 9.04. The molecule has 4 nitrogen and oxygen atoms in total. The molecule has 1 heterocycles. The summed E-state index contributed by atoms with van der Waals surface area (Å²) in [5.74, 6) is 0.889. The minimum Gasteiger partial charge on any atom is -0.355 e. The molecule has 0 aliphatic rings. The summed E-state index contributed by atoms with van der Waals surface area (Å²) in [5, 5.41) is 6.88. The molecule has 5 heteroatoms. The Morgan fingerprint density at radius 2 is 2.05 bits per heavy atom. The van der Waals surface area contributed by atoms with Crippen molar-refractivity contribution < 1.29 is 0 Å². The summed E-state index contributed by atoms with van der Waals surface area (Å²) >= 11 is 1.87. The van der Waals surface area contributed by atoms with Crippen molar-refractivity contribution in [3.63, 3.8) is 0 Å². The Morgan fingerprint density at radius 3 is 2.55 bits per heavy atom. The summed E-state index contributed by atoms with van der Waals surface area (Å²) in [6.07, 6.45) is 1.03. The van der Waals surface area contributed by atoms with Crippen LogP contribution in [0.3, 0.4) is 0 Å². The molecule has 2 N–H and O–H groups in total. The van der Waals surface area contributed by atoms with Crippen molar-refractivity contribution in [2.45, 2.75) is 53.1 Å². The number of aliphatic imine (C=N–C) groups is 1. The van der Waals surface area contributed by atoms with Crippen molar-refractivity contribution in [3.8, 4) is 0 Å². The maximum Gasteiger partial charge on any atom is 0.191 e. The van der Waals surface area contributed by atoms with Crippen LogP contribution in [0, 0.1) is 6.92 Å². The van der Waals surface area contributed by atoms with E-state index >= 15 is 0 Å². The lowest BCUT2D eigenvalue weighted by Crippen LogP contribution is -2.46. The van der Waals surface area contributed by atoms with Crippen molar-refractivity contribution >= 4 is 17.3 Å². The number of hydrogen-bond donors (Lipinski definition) is 2. The molecule has 1 aromatic heterocycles. The fourth-order valence-corrected chi connectivity index (χ4v) is 3.49. The van der Waals surface area contributed by atoms with Crippen LogP contribution in [0.25, 0.3) is 0 Å². The average Bonchev–Trinajstić information content (AvgIpc) is 2.86. The van der Waals surface area contributed by atoms with Gasteiger partial charge in [0.25, 0.3) is 0 Å². The van der Waals surface area contributed by atoms with Crippen LogP contribution in [0.15, 0.2) is 17.1 Å². The van der Waals surface area contributed by atoms with Crippen LogP contribution < -0.4 is 10.6 Å². The zero-order valence-corrected chi connectivity index (χ0v) is 15.8. The van der Waals surface area contributed by atoms with Gasteiger partial charge in [0.05, 0.1) is 0 Å². The molecule has 126 valence electrons. The first-order chi connectivity index (χ1) is 10.5. The number of nitrogens with zero attached hydrogens (tertiary/aromatic N) is 2. The number of guanidine groups is 1. The van der Waals surface area contributed by atoms with E-state index in [9.17, 15) is 0 Å². The summed E-state index contributed by atoms with van der Waals surface area (Å²) in [6, 6.07) is 5.36. The Balaban J connectivity index is 2.35. The number of hydrogen-bond acceptors (Lipinski definition) is 3. The molecule has 1 unspecified atom stereocenters. The standard InChI is InChI=1S/C17H32N4S/c1-7-21(13(2)3)11-10-19-17(18-6)20-14(4)12-16-9-8-15(5)22-16/h8-9,13-14H,7,10-12H2,1-6H3,(H2,18,19,20). The molecular formula is C17H32N4S. The maximum atomic E-state index is 4.32. The van der Waals surface area contributed by atoms with Crippen molar-refractivity contribution in [1.29, 1.82) is 0 Å². The molecule has 0 aliphatic carbocycles. The fraction of sp³-hybridized carbons (Fsp3) is 0.706. The van der Waals surface area contributed by atoms with Gasteiger partial charge in [-0.2, -0.15) is 0 Å². The van der Waals surface area contributed by atoms with Crippen LogP contribution in [-0.4, -0.2) is 49.6 Å². The third kappa shape index (κ3) is 6.79. The molecule has 0 saturated heterocycles. The molecule has 0 amide bonds. The second-order valence-electron chi connectivity index (χ2n) is 5.98. The number of rotatable bonds is 8. The highest BCUT2D eigenvalue weighted by Gasteiger charge is 2.09. The Morgan fingerprint density at radius 1 is 1.32 bits per heavy atom. The first kappa shape index (κ1) is 19.0. The molecule has 22 heavy (non-hydrogen) atoms. The van der Waals surface area contributed by atoms with Crippen LogP contribution in [0.4, 0.5) is 0 Å². The van der Waals surface area contributed by atoms with E-state index in [-0.39, 0.29) is 0 Å². The summed E-state index contributed by atoms with van der Waals surface area (Å²) in [7, 11) is 1.83. The lowest BCUT2D eigenvalue weighted by atomic mass is 10.2. The minimum absolute atomic E-state index is 0.372. The summed E-state index contributed by atoms with van der Waals surface area (Å²) in [6.45, 7) is 14.1. The van der Waals surface area contributed by atoms with Gasteiger partial charge in [-0.25, -0.2) is 0 Å². The Kier molecular flexibility index (Phi) is 8.49. The molecular weight excluding hydrogens is 292 g/mol. The molecule has 1 aromatic rings. The largest absolute Gasteiger partial charge is 0.355 e. The third-order valence-corrected chi connectivity index (χ3v) is 4.76. The Hall–Kier alpha value is -1.07. The van der Waals surface area contributed by atoms with E-state index in [2.05, 4.69) is 67.3 Å². The van der Waals surface area contributed by atoms with Crippen LogP contribution in [0.2, 0.25) is 0 Å². The fourth-order valence-electron chi connectivity index (χ4n) is 2.48. The monoisotopic (exact) mass is 324 g/mol. The third-order valence-electron chi connectivity index (χ3n) is 3.74. The number of aryl methyl sites for hydroxylation is 1. The molecule has 0 aliphatic heterocycles. The van der Waals surface area contributed by atoms with Gasteiger partial charge >= 0.3 is 0 Å². The van der Waals surface area contributed by atoms with Crippen molar-refractivity contribution in [2.75, 3.05) is 26.7 Å². The molecule has 0 aromatic carbocycles. The summed E-state index contributed by atoms with van der Waals surface area (Å²) in [5.41, 5.74) is 0. The van der Waals surface area contributed by atoms with Gasteiger partial charge in [0, 0.05) is 48.4 Å². The average molecular weight is 325 g/mol. The van der Waals surface area contributed by atoms with Crippen molar-refractivity contribution in [1.82, 2.24) is 15.5 Å². The molecule has 1 atom stereocenters. The predicted molar refractivity (Wildman–Crippen MR) is 99.1 cm³/mol. The number of likely N-dealkylation sites (N-methyl/N-ethyl adjacent to an activating group) is 1. The number of thiophene rings is 1. The normalized spacial score (nSPS) is 13.7. The van der Waals surface area contributed by atoms with Gasteiger partial charge in [-0.1, -0.05) is 6.92 Å². The molecule has 0 radical (unpaired) electrons. The highest BCUT2D eigenvalue weighted by Crippen LogP contribution is 2.16. The van der Waals surface area contributed by atoms with E-state index in [1.54, 1.807) is 0 Å². The van der Waals surface area contributed by atoms with Gasteiger partial charge in [-0.05, 0) is 46.4 Å². The van der Waals surface area contributed by atoms with Gasteiger partial charge in [0.15, 0.2) is 5.96 Å². The smallest absolute Gasteiger partial charge is 0.191 e. The molecule has 0 bridgehead atoms. The van der Waals surface area contributed by atoms with Gasteiger partial charge in [0.2, 0.25) is 0 Å². The van der Waals surface area contributed by atoms with Gasteiger partial charge in [-0.15, -0.1) is 11.3 Å². The van der Waals surface area contributed by atoms with Crippen molar-refractivity contribution in [2.24, 2.45) is 4.99 Å². The highest BCUT2D eigenvalue weighted by molar-refractivity contribution is 7.11. The second kappa shape index (κ2) is 9.85. The Labute approximate surface area is 140 Å². The van der Waals surface area contributed by atoms with Crippen LogP contribution >= 0.6 is 11.3 Å². The minimum atomic E-state index is 0.372. The van der Waals surface area contributed by atoms with E-state index in [0.717, 1.165) is 32.0 Å². The zero-order valence-electron chi connectivity index (χ0n) is 14.9. The van der Waals surface area contributed by atoms with E-state index < -0.39 is 0 Å². The highest BCUT2D eigenvalue weighted by atomic mass is 32.1. The van der Waals surface area contributed by atoms with Gasteiger partial charge in [0.1, 0.15) is 0 Å².